The van der Waals surface area contributed by atoms with Gasteiger partial charge < -0.3 is 0 Å². The van der Waals surface area contributed by atoms with Crippen molar-refractivity contribution in [2.24, 2.45) is 5.92 Å². The van der Waals surface area contributed by atoms with Crippen molar-refractivity contribution in [2.75, 3.05) is 0 Å². The van der Waals surface area contributed by atoms with Gasteiger partial charge in [-0.25, -0.2) is 0 Å². The lowest BCUT2D eigenvalue weighted by Gasteiger charge is -2.20. The van der Waals surface area contributed by atoms with E-state index in [4.69, 9.17) is 0 Å². The summed E-state index contributed by atoms with van der Waals surface area (Å²) in [7, 11) is -0.419. The van der Waals surface area contributed by atoms with E-state index in [2.05, 4.69) is 31.3 Å². The Morgan fingerprint density at radius 2 is 2.17 bits per heavy atom. The van der Waals surface area contributed by atoms with Crippen molar-refractivity contribution in [2.45, 2.75) is 37.9 Å². The standard InChI is InChI=1S/C11H18Si/c1-12(2)11-8-7-9-5-3-4-6-10(9)11/h3-4,6,9,11-12H,5,7-8H2,1-2H3. The SMILES string of the molecule is C[SiH](C)C1CCC2CC=CC=C21. The van der Waals surface area contributed by atoms with Crippen LogP contribution in [0.1, 0.15) is 19.3 Å². The highest BCUT2D eigenvalue weighted by Gasteiger charge is 2.31. The molecule has 0 aliphatic heterocycles. The first-order chi connectivity index (χ1) is 5.79. The van der Waals surface area contributed by atoms with Crippen molar-refractivity contribution in [3.8, 4) is 0 Å². The van der Waals surface area contributed by atoms with Crippen LogP contribution >= 0.6 is 0 Å². The Hall–Kier alpha value is -0.303. The summed E-state index contributed by atoms with van der Waals surface area (Å²) in [5, 5.41) is 0. The maximum Gasteiger partial charge on any atom is 0.0384 e. The predicted octanol–water partition coefficient (Wildman–Crippen LogP) is 3.14. The fraction of sp³-hybridized carbons (Fsp3) is 0.636. The highest BCUT2D eigenvalue weighted by molar-refractivity contribution is 6.58. The first-order valence-electron chi connectivity index (χ1n) is 5.15. The third kappa shape index (κ3) is 1.31. The van der Waals surface area contributed by atoms with E-state index in [1.807, 2.05) is 0 Å². The minimum absolute atomic E-state index is 0.419. The van der Waals surface area contributed by atoms with Crippen LogP contribution < -0.4 is 0 Å². The first-order valence-corrected chi connectivity index (χ1v) is 8.13. The minimum atomic E-state index is -0.419. The van der Waals surface area contributed by atoms with Gasteiger partial charge in [0.05, 0.1) is 0 Å². The molecule has 0 aromatic heterocycles. The lowest BCUT2D eigenvalue weighted by atomic mass is 9.95. The monoisotopic (exact) mass is 178 g/mol. The zero-order chi connectivity index (χ0) is 8.55. The predicted molar refractivity (Wildman–Crippen MR) is 57.2 cm³/mol. The molecule has 0 heterocycles. The summed E-state index contributed by atoms with van der Waals surface area (Å²) < 4.78 is 0. The van der Waals surface area contributed by atoms with Crippen LogP contribution in [-0.2, 0) is 0 Å². The van der Waals surface area contributed by atoms with Crippen LogP contribution in [0.4, 0.5) is 0 Å². The molecule has 2 atom stereocenters. The maximum atomic E-state index is 2.49. The van der Waals surface area contributed by atoms with Gasteiger partial charge in [-0.15, -0.1) is 0 Å². The number of rotatable bonds is 1. The first kappa shape index (κ1) is 8.30. The molecule has 0 aromatic carbocycles. The summed E-state index contributed by atoms with van der Waals surface area (Å²) in [6.07, 6.45) is 11.3. The number of fused-ring (bicyclic) bond motifs is 1. The average Bonchev–Trinajstić information content (AvgIpc) is 2.47. The second-order valence-corrected chi connectivity index (χ2v) is 7.75. The third-order valence-corrected chi connectivity index (χ3v) is 5.70. The molecule has 2 unspecified atom stereocenters. The second-order valence-electron chi connectivity index (χ2n) is 4.46. The molecule has 1 saturated carbocycles. The zero-order valence-corrected chi connectivity index (χ0v) is 9.24. The van der Waals surface area contributed by atoms with E-state index in [1.165, 1.54) is 19.3 Å². The molecule has 0 amide bonds. The van der Waals surface area contributed by atoms with Crippen molar-refractivity contribution in [3.63, 3.8) is 0 Å². The van der Waals surface area contributed by atoms with Crippen LogP contribution in [0.25, 0.3) is 0 Å². The van der Waals surface area contributed by atoms with Crippen LogP contribution in [0.5, 0.6) is 0 Å². The summed E-state index contributed by atoms with van der Waals surface area (Å²) >= 11 is 0. The summed E-state index contributed by atoms with van der Waals surface area (Å²) in [4.78, 5) is 0. The van der Waals surface area contributed by atoms with Crippen molar-refractivity contribution < 1.29 is 0 Å². The van der Waals surface area contributed by atoms with Crippen molar-refractivity contribution in [3.05, 3.63) is 23.8 Å². The van der Waals surface area contributed by atoms with Crippen molar-refractivity contribution in [1.29, 1.82) is 0 Å². The lowest BCUT2D eigenvalue weighted by Crippen LogP contribution is -2.12. The van der Waals surface area contributed by atoms with Gasteiger partial charge in [-0.2, -0.15) is 0 Å². The molecule has 12 heavy (non-hydrogen) atoms. The Balaban J connectivity index is 2.19. The van der Waals surface area contributed by atoms with Crippen molar-refractivity contribution in [1.82, 2.24) is 0 Å². The highest BCUT2D eigenvalue weighted by Crippen LogP contribution is 2.45. The van der Waals surface area contributed by atoms with Gasteiger partial charge in [-0.1, -0.05) is 36.9 Å². The van der Waals surface area contributed by atoms with E-state index < -0.39 is 8.80 Å². The summed E-state index contributed by atoms with van der Waals surface area (Å²) in [6, 6.07) is 0. The van der Waals surface area contributed by atoms with Crippen LogP contribution in [0, 0.1) is 5.92 Å². The van der Waals surface area contributed by atoms with E-state index in [9.17, 15) is 0 Å². The van der Waals surface area contributed by atoms with E-state index >= 15 is 0 Å². The molecule has 2 aliphatic carbocycles. The number of hydrogen-bond acceptors (Lipinski definition) is 0. The van der Waals surface area contributed by atoms with Gasteiger partial charge in [0, 0.05) is 8.80 Å². The van der Waals surface area contributed by atoms with E-state index in [1.54, 1.807) is 5.57 Å². The summed E-state index contributed by atoms with van der Waals surface area (Å²) in [5.74, 6) is 0.940. The molecule has 0 nitrogen and oxygen atoms in total. The van der Waals surface area contributed by atoms with E-state index in [0.29, 0.717) is 0 Å². The molecular formula is C11H18Si. The molecule has 0 saturated heterocycles. The fourth-order valence-electron chi connectivity index (χ4n) is 2.67. The quantitative estimate of drug-likeness (QED) is 0.541. The fourth-order valence-corrected chi connectivity index (χ4v) is 4.68. The molecule has 1 fully saturated rings. The van der Waals surface area contributed by atoms with Gasteiger partial charge in [0.2, 0.25) is 0 Å². The minimum Gasteiger partial charge on any atom is -0.0839 e. The van der Waals surface area contributed by atoms with E-state index in [0.717, 1.165) is 11.5 Å². The average molecular weight is 178 g/mol. The summed E-state index contributed by atoms with van der Waals surface area (Å²) in [6.45, 7) is 4.98. The molecule has 0 spiro atoms. The molecular weight excluding hydrogens is 160 g/mol. The number of allylic oxidation sites excluding steroid dienone is 4. The topological polar surface area (TPSA) is 0 Å². The Morgan fingerprint density at radius 3 is 2.92 bits per heavy atom. The molecule has 0 N–H and O–H groups in total. The normalized spacial score (nSPS) is 33.8. The lowest BCUT2D eigenvalue weighted by molar-refractivity contribution is 0.633. The smallest absolute Gasteiger partial charge is 0.0384 e. The van der Waals surface area contributed by atoms with Gasteiger partial charge >= 0.3 is 0 Å². The Morgan fingerprint density at radius 1 is 1.33 bits per heavy atom. The molecule has 2 aliphatic rings. The van der Waals surface area contributed by atoms with Crippen LogP contribution in [-0.4, -0.2) is 8.80 Å². The zero-order valence-electron chi connectivity index (χ0n) is 8.09. The van der Waals surface area contributed by atoms with Crippen LogP contribution in [0.15, 0.2) is 23.8 Å². The molecule has 2 rings (SSSR count). The van der Waals surface area contributed by atoms with Gasteiger partial charge in [0.1, 0.15) is 0 Å². The molecule has 0 aromatic rings. The van der Waals surface area contributed by atoms with E-state index in [-0.39, 0.29) is 0 Å². The molecule has 1 heteroatoms. The molecule has 0 bridgehead atoms. The van der Waals surface area contributed by atoms with Crippen molar-refractivity contribution >= 4 is 8.80 Å². The largest absolute Gasteiger partial charge is 0.0839 e. The molecule has 0 radical (unpaired) electrons. The molecule has 66 valence electrons. The van der Waals surface area contributed by atoms with Gasteiger partial charge in [-0.05, 0) is 30.7 Å². The maximum absolute atomic E-state index is 2.49. The van der Waals surface area contributed by atoms with Crippen LogP contribution in [0.3, 0.4) is 0 Å². The third-order valence-electron chi connectivity index (χ3n) is 3.38. The summed E-state index contributed by atoms with van der Waals surface area (Å²) in [5.41, 5.74) is 2.83. The van der Waals surface area contributed by atoms with Gasteiger partial charge in [-0.3, -0.25) is 0 Å². The Bertz CT molecular complexity index is 225. The van der Waals surface area contributed by atoms with Gasteiger partial charge in [0.25, 0.3) is 0 Å². The number of hydrogen-bond donors (Lipinski definition) is 0. The van der Waals surface area contributed by atoms with Crippen LogP contribution in [0.2, 0.25) is 18.6 Å². The van der Waals surface area contributed by atoms with Gasteiger partial charge in [0.15, 0.2) is 0 Å². The second kappa shape index (κ2) is 3.21. The Kier molecular flexibility index (Phi) is 2.22. The Labute approximate surface area is 77.0 Å². The highest BCUT2D eigenvalue weighted by atomic mass is 28.3.